The Balaban J connectivity index is 2.18. The molecule has 0 saturated carbocycles. The van der Waals surface area contributed by atoms with Gasteiger partial charge >= 0.3 is 0 Å². The fourth-order valence-electron chi connectivity index (χ4n) is 1.47. The van der Waals surface area contributed by atoms with E-state index in [1.165, 1.54) is 5.57 Å². The summed E-state index contributed by atoms with van der Waals surface area (Å²) in [4.78, 5) is 5.94. The molecule has 15 heavy (non-hydrogen) atoms. The van der Waals surface area contributed by atoms with Crippen molar-refractivity contribution in [3.8, 4) is 0 Å². The number of imidazole rings is 1. The lowest BCUT2D eigenvalue weighted by molar-refractivity contribution is 0.697. The highest BCUT2D eigenvalue weighted by Crippen LogP contribution is 2.15. The van der Waals surface area contributed by atoms with Crippen molar-refractivity contribution in [3.63, 3.8) is 0 Å². The van der Waals surface area contributed by atoms with Crippen LogP contribution < -0.4 is 0 Å². The lowest BCUT2D eigenvalue weighted by Gasteiger charge is -2.21. The molecule has 0 amide bonds. The van der Waals surface area contributed by atoms with Crippen LogP contribution in [0.1, 0.15) is 19.8 Å². The molecule has 3 nitrogen and oxygen atoms in total. The Bertz CT molecular complexity index is 403. The summed E-state index contributed by atoms with van der Waals surface area (Å²) in [7, 11) is 0. The lowest BCUT2D eigenvalue weighted by atomic mass is 10.1. The zero-order valence-electron chi connectivity index (χ0n) is 8.63. The van der Waals surface area contributed by atoms with E-state index in [0.29, 0.717) is 0 Å². The summed E-state index contributed by atoms with van der Waals surface area (Å²) in [5.41, 5.74) is 1.39. The molecule has 4 heteroatoms. The van der Waals surface area contributed by atoms with Crippen LogP contribution in [0.3, 0.4) is 0 Å². The third kappa shape index (κ3) is 2.15. The monoisotopic (exact) mass is 219 g/mol. The smallest absolute Gasteiger partial charge is 0.189 e. The van der Waals surface area contributed by atoms with Gasteiger partial charge in [0.15, 0.2) is 5.11 Å². The van der Waals surface area contributed by atoms with Crippen LogP contribution in [0.4, 0.5) is 0 Å². The number of rotatable bonds is 1. The number of aromatic nitrogens is 2. The average molecular weight is 219 g/mol. The second kappa shape index (κ2) is 4.40. The molecule has 0 spiro atoms. The van der Waals surface area contributed by atoms with E-state index in [2.05, 4.69) is 24.2 Å². The highest BCUT2D eigenvalue weighted by atomic mass is 32.1. The Morgan fingerprint density at radius 2 is 2.47 bits per heavy atom. The zero-order chi connectivity index (χ0) is 10.7. The Kier molecular flexibility index (Phi) is 2.97. The summed E-state index contributed by atoms with van der Waals surface area (Å²) in [5.74, 6) is 0. The molecule has 1 aromatic rings. The molecule has 1 aliphatic rings. The Labute approximate surface area is 94.7 Å². The standard InChI is InChI=1S/C11H13N3S/c1-2-10-4-3-6-13(8-10)11(15)14-7-5-12-9-14/h3,5-9H,2,4H2,1H3. The highest BCUT2D eigenvalue weighted by Gasteiger charge is 2.09. The van der Waals surface area contributed by atoms with Crippen LogP contribution in [0, 0.1) is 0 Å². The van der Waals surface area contributed by atoms with Crippen LogP contribution in [0.25, 0.3) is 0 Å². The highest BCUT2D eigenvalue weighted by molar-refractivity contribution is 7.80. The first kappa shape index (κ1) is 10.1. The van der Waals surface area contributed by atoms with E-state index >= 15 is 0 Å². The van der Waals surface area contributed by atoms with Gasteiger partial charge in [-0.05, 0) is 30.6 Å². The van der Waals surface area contributed by atoms with E-state index in [0.717, 1.165) is 18.0 Å². The molecule has 78 valence electrons. The van der Waals surface area contributed by atoms with Crippen molar-refractivity contribution in [2.24, 2.45) is 0 Å². The first-order valence-electron chi connectivity index (χ1n) is 4.98. The molecule has 0 fully saturated rings. The average Bonchev–Trinajstić information content (AvgIpc) is 2.81. The van der Waals surface area contributed by atoms with Gasteiger partial charge in [-0.3, -0.25) is 4.57 Å². The largest absolute Gasteiger partial charge is 0.301 e. The molecule has 0 N–H and O–H groups in total. The minimum Gasteiger partial charge on any atom is -0.301 e. The summed E-state index contributed by atoms with van der Waals surface area (Å²) in [6, 6.07) is 0. The number of nitrogens with zero attached hydrogens (tertiary/aromatic N) is 3. The Morgan fingerprint density at radius 3 is 3.13 bits per heavy atom. The van der Waals surface area contributed by atoms with Gasteiger partial charge in [0.05, 0.1) is 0 Å². The van der Waals surface area contributed by atoms with Crippen molar-refractivity contribution in [3.05, 3.63) is 42.8 Å². The van der Waals surface area contributed by atoms with Crippen molar-refractivity contribution in [1.82, 2.24) is 14.5 Å². The lowest BCUT2D eigenvalue weighted by Crippen LogP contribution is -2.26. The van der Waals surface area contributed by atoms with Crippen molar-refractivity contribution in [1.29, 1.82) is 0 Å². The van der Waals surface area contributed by atoms with Crippen molar-refractivity contribution >= 4 is 17.3 Å². The van der Waals surface area contributed by atoms with Gasteiger partial charge < -0.3 is 4.90 Å². The quantitative estimate of drug-likeness (QED) is 0.677. The van der Waals surface area contributed by atoms with Crippen LogP contribution in [0.5, 0.6) is 0 Å². The van der Waals surface area contributed by atoms with E-state index < -0.39 is 0 Å². The summed E-state index contributed by atoms with van der Waals surface area (Å²) in [6.45, 7) is 2.16. The first-order valence-corrected chi connectivity index (χ1v) is 5.39. The third-order valence-corrected chi connectivity index (χ3v) is 2.79. The molecule has 0 radical (unpaired) electrons. The summed E-state index contributed by atoms with van der Waals surface area (Å²) in [6.07, 6.45) is 13.6. The van der Waals surface area contributed by atoms with Crippen molar-refractivity contribution < 1.29 is 0 Å². The minimum absolute atomic E-state index is 0.731. The minimum atomic E-state index is 0.731. The number of hydrogen-bond acceptors (Lipinski definition) is 2. The first-order chi connectivity index (χ1) is 7.31. The van der Waals surface area contributed by atoms with Crippen molar-refractivity contribution in [2.75, 3.05) is 0 Å². The number of allylic oxidation sites excluding steroid dienone is 2. The predicted molar refractivity (Wildman–Crippen MR) is 64.2 cm³/mol. The van der Waals surface area contributed by atoms with E-state index in [1.807, 2.05) is 21.9 Å². The zero-order valence-corrected chi connectivity index (χ0v) is 9.44. The van der Waals surface area contributed by atoms with Crippen LogP contribution in [0.2, 0.25) is 0 Å². The molecule has 0 unspecified atom stereocenters. The van der Waals surface area contributed by atoms with Crippen LogP contribution in [-0.2, 0) is 0 Å². The fraction of sp³-hybridized carbons (Fsp3) is 0.273. The maximum atomic E-state index is 5.35. The van der Waals surface area contributed by atoms with Gasteiger partial charge in [0.25, 0.3) is 0 Å². The Morgan fingerprint density at radius 1 is 1.60 bits per heavy atom. The second-order valence-corrected chi connectivity index (χ2v) is 3.75. The molecule has 0 aromatic carbocycles. The molecule has 1 aromatic heterocycles. The maximum Gasteiger partial charge on any atom is 0.189 e. The molecular formula is C11H13N3S. The third-order valence-electron chi connectivity index (χ3n) is 2.37. The van der Waals surface area contributed by atoms with Gasteiger partial charge in [0.2, 0.25) is 0 Å². The normalized spacial score (nSPS) is 15.3. The molecule has 2 heterocycles. The molecule has 1 aliphatic heterocycles. The van der Waals surface area contributed by atoms with Crippen LogP contribution in [-0.4, -0.2) is 19.6 Å². The second-order valence-electron chi connectivity index (χ2n) is 3.39. The number of hydrogen-bond donors (Lipinski definition) is 0. The Hall–Kier alpha value is -1.42. The topological polar surface area (TPSA) is 21.1 Å². The van der Waals surface area contributed by atoms with Gasteiger partial charge in [-0.1, -0.05) is 13.0 Å². The molecule has 0 aliphatic carbocycles. The fourth-order valence-corrected chi connectivity index (χ4v) is 1.69. The summed E-state index contributed by atoms with van der Waals surface area (Å²) in [5, 5.41) is 0.731. The van der Waals surface area contributed by atoms with Crippen molar-refractivity contribution in [2.45, 2.75) is 19.8 Å². The number of thiocarbonyl (C=S) groups is 1. The molecule has 0 saturated heterocycles. The molecule has 0 atom stereocenters. The van der Waals surface area contributed by atoms with Crippen LogP contribution >= 0.6 is 12.2 Å². The van der Waals surface area contributed by atoms with E-state index in [9.17, 15) is 0 Å². The predicted octanol–water partition coefficient (Wildman–Crippen LogP) is 2.53. The molecule has 2 rings (SSSR count). The van der Waals surface area contributed by atoms with Gasteiger partial charge in [-0.2, -0.15) is 0 Å². The molecular weight excluding hydrogens is 206 g/mol. The SMILES string of the molecule is CCC1=CN(C(=S)n2ccnc2)C=CC1. The van der Waals surface area contributed by atoms with Gasteiger partial charge in [-0.15, -0.1) is 0 Å². The van der Waals surface area contributed by atoms with Gasteiger partial charge in [0, 0.05) is 24.8 Å². The van der Waals surface area contributed by atoms with E-state index in [4.69, 9.17) is 12.2 Å². The van der Waals surface area contributed by atoms with E-state index in [1.54, 1.807) is 12.5 Å². The van der Waals surface area contributed by atoms with E-state index in [-0.39, 0.29) is 0 Å². The molecule has 0 bridgehead atoms. The summed E-state index contributed by atoms with van der Waals surface area (Å²) < 4.78 is 1.83. The summed E-state index contributed by atoms with van der Waals surface area (Å²) >= 11 is 5.35. The van der Waals surface area contributed by atoms with Gasteiger partial charge in [0.1, 0.15) is 6.33 Å². The maximum absolute atomic E-state index is 5.35. The van der Waals surface area contributed by atoms with Gasteiger partial charge in [-0.25, -0.2) is 4.98 Å². The van der Waals surface area contributed by atoms with Crippen LogP contribution in [0.15, 0.2) is 42.8 Å².